The maximum atomic E-state index is 11.3. The van der Waals surface area contributed by atoms with Gasteiger partial charge in [-0.25, -0.2) is 8.42 Å². The molecule has 0 unspecified atom stereocenters. The molecule has 0 aromatic carbocycles. The predicted octanol–water partition coefficient (Wildman–Crippen LogP) is 2.49. The fourth-order valence-electron chi connectivity index (χ4n) is 4.20. The van der Waals surface area contributed by atoms with E-state index in [-0.39, 0.29) is 11.4 Å². The third kappa shape index (κ3) is 4.28. The largest absolute Gasteiger partial charge is 0.369 e. The molecule has 0 N–H and O–H groups in total. The summed E-state index contributed by atoms with van der Waals surface area (Å²) < 4.78 is 31.4. The summed E-state index contributed by atoms with van der Waals surface area (Å²) in [6, 6.07) is 2.43. The normalized spacial score (nSPS) is 25.9. The van der Waals surface area contributed by atoms with Crippen molar-refractivity contribution in [3.8, 4) is 0 Å². The van der Waals surface area contributed by atoms with Crippen molar-refractivity contribution in [1.82, 2.24) is 19.9 Å². The number of aryl methyl sites for hydroxylation is 1. The van der Waals surface area contributed by atoms with E-state index in [1.54, 1.807) is 16.0 Å². The lowest BCUT2D eigenvalue weighted by atomic mass is 9.82. The van der Waals surface area contributed by atoms with Crippen LogP contribution in [0.5, 0.6) is 0 Å². The van der Waals surface area contributed by atoms with Gasteiger partial charge in [-0.2, -0.15) is 0 Å². The zero-order valence-corrected chi connectivity index (χ0v) is 18.5. The van der Waals surface area contributed by atoms with Crippen molar-refractivity contribution in [2.24, 2.45) is 0 Å². The van der Waals surface area contributed by atoms with Gasteiger partial charge in [0, 0.05) is 36.5 Å². The number of thiophene rings is 1. The average molecular weight is 445 g/mol. The molecule has 2 aromatic heterocycles. The van der Waals surface area contributed by atoms with E-state index in [0.29, 0.717) is 19.1 Å². The van der Waals surface area contributed by atoms with Gasteiger partial charge >= 0.3 is 0 Å². The van der Waals surface area contributed by atoms with Crippen LogP contribution in [0, 0.1) is 0 Å². The van der Waals surface area contributed by atoms with E-state index in [4.69, 9.17) is 16.3 Å². The van der Waals surface area contributed by atoms with Crippen LogP contribution in [0.1, 0.15) is 35.9 Å². The minimum Gasteiger partial charge on any atom is -0.369 e. The van der Waals surface area contributed by atoms with Gasteiger partial charge in [-0.1, -0.05) is 16.8 Å². The van der Waals surface area contributed by atoms with Crippen LogP contribution in [0.15, 0.2) is 12.3 Å². The second kappa shape index (κ2) is 7.68. The average Bonchev–Trinajstić information content (AvgIpc) is 3.22. The van der Waals surface area contributed by atoms with Gasteiger partial charge in [-0.15, -0.1) is 16.4 Å². The first-order chi connectivity index (χ1) is 13.2. The van der Waals surface area contributed by atoms with Gasteiger partial charge in [-0.3, -0.25) is 9.58 Å². The number of sulfone groups is 1. The van der Waals surface area contributed by atoms with Gasteiger partial charge in [0.15, 0.2) is 0 Å². The molecule has 1 fully saturated rings. The van der Waals surface area contributed by atoms with Crippen molar-refractivity contribution in [2.45, 2.75) is 50.9 Å². The molecular weight excluding hydrogens is 420 g/mol. The molecular formula is C18H25ClN4O3S2. The summed E-state index contributed by atoms with van der Waals surface area (Å²) in [5.74, 6) is 0.0709. The van der Waals surface area contributed by atoms with Crippen molar-refractivity contribution in [1.29, 1.82) is 0 Å². The fraction of sp³-hybridized carbons (Fsp3) is 0.667. The SMILES string of the molecule is C[C@H]1C[C@]2(CCN1Cc1cn(CCS(C)(=O)=O)nn1)OCCc1cc(Cl)sc12. The lowest BCUT2D eigenvalue weighted by Crippen LogP contribution is -2.50. The molecule has 154 valence electrons. The second-order valence-corrected chi connectivity index (χ2v) is 11.8. The molecule has 0 amide bonds. The van der Waals surface area contributed by atoms with Gasteiger partial charge in [0.05, 0.1) is 28.9 Å². The van der Waals surface area contributed by atoms with Crippen LogP contribution in [0.3, 0.4) is 0 Å². The van der Waals surface area contributed by atoms with Gasteiger partial charge < -0.3 is 4.74 Å². The molecule has 7 nitrogen and oxygen atoms in total. The molecule has 4 rings (SSSR count). The fourth-order valence-corrected chi connectivity index (χ4v) is 6.20. The lowest BCUT2D eigenvalue weighted by Gasteiger charge is -2.46. The van der Waals surface area contributed by atoms with E-state index < -0.39 is 9.84 Å². The van der Waals surface area contributed by atoms with Crippen molar-refractivity contribution < 1.29 is 13.2 Å². The summed E-state index contributed by atoms with van der Waals surface area (Å²) >= 11 is 7.94. The molecule has 2 aliphatic heterocycles. The van der Waals surface area contributed by atoms with Crippen molar-refractivity contribution >= 4 is 32.8 Å². The summed E-state index contributed by atoms with van der Waals surface area (Å²) in [6.45, 7) is 4.92. The number of ether oxygens (including phenoxy) is 1. The summed E-state index contributed by atoms with van der Waals surface area (Å²) in [5.41, 5.74) is 1.99. The Bertz CT molecular complexity index is 958. The van der Waals surface area contributed by atoms with Gasteiger partial charge in [0.2, 0.25) is 0 Å². The standard InChI is InChI=1S/C18H25ClN4O3S2/c1-13-10-18(17-14(3-7-26-18)9-16(19)27-17)4-5-22(13)11-15-12-23(21-20-15)6-8-28(2,24)25/h9,12-13H,3-8,10-11H2,1-2H3/t13-,18-/m0/s1. The Morgan fingerprint density at radius 2 is 2.29 bits per heavy atom. The summed E-state index contributed by atoms with van der Waals surface area (Å²) in [6.07, 6.45) is 5.88. The highest BCUT2D eigenvalue weighted by Gasteiger charge is 2.44. The molecule has 0 saturated carbocycles. The molecule has 28 heavy (non-hydrogen) atoms. The third-order valence-electron chi connectivity index (χ3n) is 5.64. The molecule has 0 bridgehead atoms. The summed E-state index contributed by atoms with van der Waals surface area (Å²) in [4.78, 5) is 3.70. The number of likely N-dealkylation sites (tertiary alicyclic amines) is 1. The van der Waals surface area contributed by atoms with Crippen LogP contribution in [-0.2, 0) is 39.7 Å². The zero-order chi connectivity index (χ0) is 19.9. The first-order valence-corrected chi connectivity index (χ1v) is 12.7. The molecule has 1 spiro atoms. The topological polar surface area (TPSA) is 77.3 Å². The molecule has 4 heterocycles. The number of halogens is 1. The van der Waals surface area contributed by atoms with Crippen molar-refractivity contribution in [2.75, 3.05) is 25.2 Å². The molecule has 10 heteroatoms. The Hall–Kier alpha value is -1.000. The van der Waals surface area contributed by atoms with Gasteiger partial charge in [0.25, 0.3) is 0 Å². The van der Waals surface area contributed by atoms with Crippen LogP contribution in [0.2, 0.25) is 4.34 Å². The first kappa shape index (κ1) is 20.3. The number of hydrogen-bond donors (Lipinski definition) is 0. The third-order valence-corrected chi connectivity index (χ3v) is 8.05. The molecule has 2 atom stereocenters. The van der Waals surface area contributed by atoms with Crippen LogP contribution < -0.4 is 0 Å². The highest BCUT2D eigenvalue weighted by Crippen LogP contribution is 2.47. The number of hydrogen-bond acceptors (Lipinski definition) is 7. The highest BCUT2D eigenvalue weighted by atomic mass is 35.5. The maximum Gasteiger partial charge on any atom is 0.149 e. The molecule has 1 saturated heterocycles. The summed E-state index contributed by atoms with van der Waals surface area (Å²) in [5, 5.41) is 8.28. The molecule has 0 aliphatic carbocycles. The molecule has 0 radical (unpaired) electrons. The smallest absolute Gasteiger partial charge is 0.149 e. The number of aromatic nitrogens is 3. The van der Waals surface area contributed by atoms with Crippen LogP contribution in [0.25, 0.3) is 0 Å². The van der Waals surface area contributed by atoms with E-state index in [2.05, 4.69) is 28.2 Å². The Labute approximate surface area is 174 Å². The van der Waals surface area contributed by atoms with E-state index in [9.17, 15) is 8.42 Å². The lowest BCUT2D eigenvalue weighted by molar-refractivity contribution is -0.110. The zero-order valence-electron chi connectivity index (χ0n) is 16.1. The van der Waals surface area contributed by atoms with E-state index in [1.807, 2.05) is 6.20 Å². The number of rotatable bonds is 5. The van der Waals surface area contributed by atoms with Crippen LogP contribution in [0.4, 0.5) is 0 Å². The van der Waals surface area contributed by atoms with Crippen LogP contribution in [-0.4, -0.2) is 59.5 Å². The first-order valence-electron chi connectivity index (χ1n) is 9.47. The van der Waals surface area contributed by atoms with E-state index in [1.165, 1.54) is 16.7 Å². The van der Waals surface area contributed by atoms with Crippen molar-refractivity contribution in [3.63, 3.8) is 0 Å². The molecule has 2 aromatic rings. The van der Waals surface area contributed by atoms with E-state index >= 15 is 0 Å². The Balaban J connectivity index is 1.41. The van der Waals surface area contributed by atoms with Crippen molar-refractivity contribution in [3.05, 3.63) is 32.7 Å². The molecule has 2 aliphatic rings. The Morgan fingerprint density at radius 3 is 3.04 bits per heavy atom. The Morgan fingerprint density at radius 1 is 1.46 bits per heavy atom. The van der Waals surface area contributed by atoms with E-state index in [0.717, 1.165) is 42.4 Å². The predicted molar refractivity (Wildman–Crippen MR) is 110 cm³/mol. The monoisotopic (exact) mass is 444 g/mol. The quantitative estimate of drug-likeness (QED) is 0.705. The van der Waals surface area contributed by atoms with Gasteiger partial charge in [-0.05, 0) is 37.8 Å². The number of nitrogens with zero attached hydrogens (tertiary/aromatic N) is 4. The minimum atomic E-state index is -3.01. The summed E-state index contributed by atoms with van der Waals surface area (Å²) in [7, 11) is -3.01. The maximum absolute atomic E-state index is 11.3. The Kier molecular flexibility index (Phi) is 5.56. The highest BCUT2D eigenvalue weighted by molar-refractivity contribution is 7.90. The minimum absolute atomic E-state index is 0.0709. The number of piperidine rings is 1. The van der Waals surface area contributed by atoms with Gasteiger partial charge in [0.1, 0.15) is 15.4 Å². The van der Waals surface area contributed by atoms with Crippen LogP contribution >= 0.6 is 22.9 Å². The second-order valence-electron chi connectivity index (χ2n) is 7.87. The number of fused-ring (bicyclic) bond motifs is 2.